The minimum absolute atomic E-state index is 0.197. The molecule has 0 amide bonds. The number of hydrogen-bond donors (Lipinski definition) is 1. The molecule has 0 radical (unpaired) electrons. The molecule has 0 spiro atoms. The van der Waals surface area contributed by atoms with E-state index in [1.165, 1.54) is 80.2 Å². The van der Waals surface area contributed by atoms with E-state index < -0.39 is 5.54 Å². The zero-order valence-corrected chi connectivity index (χ0v) is 30.1. The lowest BCUT2D eigenvalue weighted by Crippen LogP contribution is -2.50. The van der Waals surface area contributed by atoms with Crippen LogP contribution in [-0.2, 0) is 6.42 Å². The van der Waals surface area contributed by atoms with E-state index in [4.69, 9.17) is 4.99 Å². The molecule has 1 aromatic heterocycles. The molecule has 258 valence electrons. The molecular weight excluding hydrogens is 645 g/mol. The first-order chi connectivity index (χ1) is 26.1. The second-order valence-corrected chi connectivity index (χ2v) is 15.7. The van der Waals surface area contributed by atoms with Crippen molar-refractivity contribution < 1.29 is 0 Å². The largest absolute Gasteiger partial charge is 0.333 e. The number of aliphatic imine (C=N–C) groups is 1. The standard InChI is InChI=1S/C49H42N4/c1-49-29-13-12-21-41(49)47(33-15-4-2-5-16-33)50-48(51-49)53-44-27-25-35(31-40(44)46-37-19-9-8-14-32(37)23-28-45(46)53)34-24-26-43-39(30-34)38-20-10-11-22-42(38)52(43)36-17-6-3-7-18-36/h4,6,9-13,15-17,19-24,26,28-31,35-36,44H,3,7-8,14,18,25,27H2,1H3,(H,50,51). The molecule has 4 nitrogen and oxygen atoms in total. The molecule has 6 aliphatic rings. The minimum atomic E-state index is -0.482. The molecule has 11 rings (SSSR count). The Morgan fingerprint density at radius 2 is 1.83 bits per heavy atom. The average Bonchev–Trinajstić information content (AvgIpc) is 3.73. The topological polar surface area (TPSA) is 32.6 Å². The highest BCUT2D eigenvalue weighted by atomic mass is 15.4. The third-order valence-corrected chi connectivity index (χ3v) is 12.6. The summed E-state index contributed by atoms with van der Waals surface area (Å²) in [5.41, 5.74) is 13.9. The average molecular weight is 687 g/mol. The van der Waals surface area contributed by atoms with E-state index >= 15 is 0 Å². The van der Waals surface area contributed by atoms with Crippen LogP contribution in [0.1, 0.15) is 85.2 Å². The highest BCUT2D eigenvalue weighted by Gasteiger charge is 2.44. The monoisotopic (exact) mass is 686 g/mol. The van der Waals surface area contributed by atoms with Gasteiger partial charge in [-0.15, -0.1) is 0 Å². The van der Waals surface area contributed by atoms with Crippen LogP contribution in [0, 0.1) is 12.1 Å². The van der Waals surface area contributed by atoms with Crippen LogP contribution in [0.3, 0.4) is 0 Å². The normalized spacial score (nSPS) is 25.4. The van der Waals surface area contributed by atoms with E-state index in [9.17, 15) is 0 Å². The van der Waals surface area contributed by atoms with Gasteiger partial charge in [-0.1, -0.05) is 97.1 Å². The Bertz CT molecular complexity index is 2550. The first kappa shape index (κ1) is 30.8. The van der Waals surface area contributed by atoms with Gasteiger partial charge in [0.15, 0.2) is 0 Å². The quantitative estimate of drug-likeness (QED) is 0.192. The molecule has 2 aliphatic heterocycles. The van der Waals surface area contributed by atoms with Gasteiger partial charge < -0.3 is 14.8 Å². The van der Waals surface area contributed by atoms with Crippen molar-refractivity contribution in [2.75, 3.05) is 4.90 Å². The van der Waals surface area contributed by atoms with Crippen molar-refractivity contribution >= 4 is 50.8 Å². The maximum absolute atomic E-state index is 5.54. The van der Waals surface area contributed by atoms with E-state index in [0.717, 1.165) is 42.9 Å². The number of aryl methyl sites for hydroxylation is 1. The second-order valence-electron chi connectivity index (χ2n) is 15.7. The first-order valence-electron chi connectivity index (χ1n) is 19.5. The zero-order valence-electron chi connectivity index (χ0n) is 30.1. The van der Waals surface area contributed by atoms with E-state index in [0.29, 0.717) is 12.0 Å². The van der Waals surface area contributed by atoms with Crippen LogP contribution in [0.25, 0.3) is 39.2 Å². The van der Waals surface area contributed by atoms with Crippen LogP contribution < -0.4 is 10.2 Å². The number of allylic oxidation sites excluding steroid dienone is 6. The van der Waals surface area contributed by atoms with Crippen LogP contribution in [0.4, 0.5) is 5.69 Å². The highest BCUT2D eigenvalue weighted by molar-refractivity contribution is 6.12. The summed E-state index contributed by atoms with van der Waals surface area (Å²) in [4.78, 5) is 8.07. The van der Waals surface area contributed by atoms with Crippen LogP contribution >= 0.6 is 0 Å². The summed E-state index contributed by atoms with van der Waals surface area (Å²) in [6.07, 6.45) is 28.8. The molecule has 4 aromatic carbocycles. The van der Waals surface area contributed by atoms with Crippen molar-refractivity contribution in [2.45, 2.75) is 75.4 Å². The van der Waals surface area contributed by atoms with Gasteiger partial charge in [0.05, 0.1) is 23.5 Å². The summed E-state index contributed by atoms with van der Waals surface area (Å²) in [7, 11) is 0. The number of guanidine groups is 1. The second kappa shape index (κ2) is 11.9. The number of hydrogen-bond acceptors (Lipinski definition) is 3. The van der Waals surface area contributed by atoms with Crippen molar-refractivity contribution in [3.05, 3.63) is 167 Å². The highest BCUT2D eigenvalue weighted by Crippen LogP contribution is 2.52. The Balaban J connectivity index is 1.04. The lowest BCUT2D eigenvalue weighted by Gasteiger charge is -2.39. The maximum Gasteiger partial charge on any atom is 0.204 e. The number of nitrogens with one attached hydrogen (secondary N) is 1. The van der Waals surface area contributed by atoms with Crippen molar-refractivity contribution in [2.24, 2.45) is 4.99 Å². The molecule has 1 N–H and O–H groups in total. The Labute approximate surface area is 311 Å². The van der Waals surface area contributed by atoms with Crippen molar-refractivity contribution in [1.82, 2.24) is 9.88 Å². The van der Waals surface area contributed by atoms with Crippen LogP contribution in [0.2, 0.25) is 0 Å². The lowest BCUT2D eigenvalue weighted by molar-refractivity contribution is 0.542. The fraction of sp³-hybridized carbons (Fsp3) is 0.245. The molecule has 3 heterocycles. The van der Waals surface area contributed by atoms with Crippen molar-refractivity contribution in [1.29, 1.82) is 0 Å². The van der Waals surface area contributed by atoms with E-state index in [2.05, 4.69) is 149 Å². The Kier molecular flexibility index (Phi) is 6.90. The molecule has 53 heavy (non-hydrogen) atoms. The van der Waals surface area contributed by atoms with Crippen molar-refractivity contribution in [3.8, 4) is 0 Å². The summed E-state index contributed by atoms with van der Waals surface area (Å²) in [5.74, 6) is 1.25. The third kappa shape index (κ3) is 4.73. The van der Waals surface area contributed by atoms with E-state index in [1.807, 2.05) is 12.1 Å². The summed E-state index contributed by atoms with van der Waals surface area (Å²) < 4.78 is 2.60. The molecule has 0 bridgehead atoms. The Morgan fingerprint density at radius 1 is 0.887 bits per heavy atom. The fourth-order valence-corrected chi connectivity index (χ4v) is 10.1. The SMILES string of the molecule is CC12C=CC=CC1=C(c1cc#ccc1)NC(N1c3ccc4c(c3C3=CC(c5ccc6c(c5)c5ccccc5n6C5C=CCCC5)CCC31)C=CCC4)=N2. The van der Waals surface area contributed by atoms with Gasteiger partial charge in [0.25, 0.3) is 0 Å². The van der Waals surface area contributed by atoms with Crippen molar-refractivity contribution in [3.63, 3.8) is 0 Å². The maximum atomic E-state index is 5.54. The number of anilines is 1. The Morgan fingerprint density at radius 3 is 2.74 bits per heavy atom. The van der Waals surface area contributed by atoms with Gasteiger partial charge in [-0.05, 0) is 117 Å². The van der Waals surface area contributed by atoms with E-state index in [1.54, 1.807) is 0 Å². The molecule has 4 unspecified atom stereocenters. The smallest absolute Gasteiger partial charge is 0.204 e. The van der Waals surface area contributed by atoms with Gasteiger partial charge >= 0.3 is 0 Å². The number of aromatic nitrogens is 1. The number of benzene rings is 3. The van der Waals surface area contributed by atoms with Gasteiger partial charge in [-0.25, -0.2) is 4.99 Å². The summed E-state index contributed by atoms with van der Waals surface area (Å²) in [6, 6.07) is 34.1. The molecule has 4 aliphatic carbocycles. The predicted octanol–water partition coefficient (Wildman–Crippen LogP) is 11.0. The van der Waals surface area contributed by atoms with Gasteiger partial charge in [0.1, 0.15) is 5.54 Å². The molecule has 5 aromatic rings. The molecular formula is C49H42N4. The molecule has 0 fully saturated rings. The van der Waals surface area contributed by atoms with Gasteiger partial charge in [0.2, 0.25) is 5.96 Å². The first-order valence-corrected chi connectivity index (χ1v) is 19.5. The number of rotatable bonds is 3. The van der Waals surface area contributed by atoms with Crippen LogP contribution in [0.15, 0.2) is 132 Å². The van der Waals surface area contributed by atoms with Gasteiger partial charge in [0, 0.05) is 44.4 Å². The number of nitrogens with zero attached hydrogens (tertiary/aromatic N) is 3. The summed E-state index contributed by atoms with van der Waals surface area (Å²) >= 11 is 0. The molecule has 0 saturated carbocycles. The molecule has 4 heteroatoms. The van der Waals surface area contributed by atoms with Crippen LogP contribution in [-0.4, -0.2) is 22.1 Å². The van der Waals surface area contributed by atoms with E-state index in [-0.39, 0.29) is 6.04 Å². The summed E-state index contributed by atoms with van der Waals surface area (Å²) in [5, 5.41) is 6.62. The van der Waals surface area contributed by atoms with Gasteiger partial charge in [-0.3, -0.25) is 0 Å². The fourth-order valence-electron chi connectivity index (χ4n) is 10.1. The third-order valence-electron chi connectivity index (χ3n) is 12.6. The number of fused-ring (bicyclic) bond motifs is 9. The van der Waals surface area contributed by atoms with Gasteiger partial charge in [-0.2, -0.15) is 0 Å². The van der Waals surface area contributed by atoms with Crippen LogP contribution in [0.5, 0.6) is 0 Å². The molecule has 0 saturated heterocycles. The molecule has 4 atom stereocenters. The lowest BCUT2D eigenvalue weighted by atomic mass is 9.80. The number of para-hydroxylation sites is 1. The minimum Gasteiger partial charge on any atom is -0.333 e. The predicted molar refractivity (Wildman–Crippen MR) is 220 cm³/mol. The Hall–Kier alpha value is -5.79. The summed E-state index contributed by atoms with van der Waals surface area (Å²) in [6.45, 7) is 2.24. The zero-order chi connectivity index (χ0) is 35.1.